The van der Waals surface area contributed by atoms with Crippen molar-refractivity contribution in [3.05, 3.63) is 18.0 Å². The van der Waals surface area contributed by atoms with E-state index in [-0.39, 0.29) is 11.8 Å². The maximum absolute atomic E-state index is 12.1. The molecule has 2 rings (SSSR count). The molecule has 0 spiro atoms. The fourth-order valence-electron chi connectivity index (χ4n) is 3.22. The van der Waals surface area contributed by atoms with Gasteiger partial charge in [0, 0.05) is 31.7 Å². The zero-order valence-electron chi connectivity index (χ0n) is 12.9. The van der Waals surface area contributed by atoms with E-state index in [1.54, 1.807) is 6.07 Å². The van der Waals surface area contributed by atoms with Crippen molar-refractivity contribution < 1.29 is 12.9 Å². The molecule has 21 heavy (non-hydrogen) atoms. The molecule has 0 amide bonds. The molecule has 1 N–H and O–H groups in total. The van der Waals surface area contributed by atoms with Gasteiger partial charge in [-0.15, -0.1) is 0 Å². The number of hydrogen-bond donors (Lipinski definition) is 1. The first-order chi connectivity index (χ1) is 9.84. The van der Waals surface area contributed by atoms with Crippen molar-refractivity contribution >= 4 is 10.0 Å². The molecule has 3 unspecified atom stereocenters. The molecule has 1 fully saturated rings. The van der Waals surface area contributed by atoms with E-state index in [1.165, 1.54) is 12.7 Å². The molecule has 3 atom stereocenters. The number of piperidine rings is 1. The zero-order valence-corrected chi connectivity index (χ0v) is 13.8. The average molecular weight is 315 g/mol. The molecule has 0 aliphatic carbocycles. The summed E-state index contributed by atoms with van der Waals surface area (Å²) in [6, 6.07) is 1.46. The zero-order chi connectivity index (χ0) is 15.5. The topological polar surface area (TPSA) is 75.4 Å². The number of hydrogen-bond acceptors (Lipinski definition) is 5. The summed E-state index contributed by atoms with van der Waals surface area (Å²) in [6.07, 6.45) is 2.63. The molecule has 6 nitrogen and oxygen atoms in total. The molecule has 1 aliphatic heterocycles. The lowest BCUT2D eigenvalue weighted by molar-refractivity contribution is 0.134. The molecule has 0 aromatic carbocycles. The van der Waals surface area contributed by atoms with Crippen LogP contribution in [0.5, 0.6) is 0 Å². The minimum Gasteiger partial charge on any atom is -0.364 e. The van der Waals surface area contributed by atoms with Crippen molar-refractivity contribution in [2.75, 3.05) is 19.6 Å². The van der Waals surface area contributed by atoms with Gasteiger partial charge in [0.25, 0.3) is 0 Å². The first kappa shape index (κ1) is 16.5. The second-order valence-electron chi connectivity index (χ2n) is 6.43. The summed E-state index contributed by atoms with van der Waals surface area (Å²) in [5.41, 5.74) is 0.426. The van der Waals surface area contributed by atoms with E-state index < -0.39 is 10.0 Å². The number of nitrogens with zero attached hydrogens (tertiary/aromatic N) is 2. The molecule has 1 aliphatic rings. The molecule has 1 saturated heterocycles. The van der Waals surface area contributed by atoms with Crippen LogP contribution >= 0.6 is 0 Å². The summed E-state index contributed by atoms with van der Waals surface area (Å²) in [7, 11) is -3.38. The van der Waals surface area contributed by atoms with Gasteiger partial charge < -0.3 is 9.42 Å². The van der Waals surface area contributed by atoms with E-state index in [0.717, 1.165) is 19.6 Å². The van der Waals surface area contributed by atoms with Crippen molar-refractivity contribution in [3.63, 3.8) is 0 Å². The summed E-state index contributed by atoms with van der Waals surface area (Å²) >= 11 is 0. The van der Waals surface area contributed by atoms with Crippen molar-refractivity contribution in [2.45, 2.75) is 39.0 Å². The molecule has 1 aromatic heterocycles. The number of rotatable bonds is 6. The van der Waals surface area contributed by atoms with Crippen LogP contribution in [0.3, 0.4) is 0 Å². The lowest BCUT2D eigenvalue weighted by Crippen LogP contribution is -2.47. The Morgan fingerprint density at radius 2 is 2.10 bits per heavy atom. The average Bonchev–Trinajstić information content (AvgIpc) is 2.77. The third kappa shape index (κ3) is 5.41. The van der Waals surface area contributed by atoms with Gasteiger partial charge in [-0.1, -0.05) is 19.0 Å². The summed E-state index contributed by atoms with van der Waals surface area (Å²) in [4.78, 5) is 2.35. The van der Waals surface area contributed by atoms with Crippen LogP contribution in [0.1, 0.15) is 32.9 Å². The second-order valence-corrected chi connectivity index (χ2v) is 8.19. The lowest BCUT2D eigenvalue weighted by Gasteiger charge is -2.36. The van der Waals surface area contributed by atoms with Gasteiger partial charge in [-0.05, 0) is 25.2 Å². The molecular weight excluding hydrogens is 290 g/mol. The van der Waals surface area contributed by atoms with Crippen LogP contribution in [-0.2, 0) is 15.8 Å². The van der Waals surface area contributed by atoms with Gasteiger partial charge in [-0.25, -0.2) is 13.1 Å². The third-order valence-electron chi connectivity index (χ3n) is 3.69. The molecule has 2 heterocycles. The van der Waals surface area contributed by atoms with Crippen LogP contribution in [-0.4, -0.2) is 44.2 Å². The number of aromatic nitrogens is 1. The van der Waals surface area contributed by atoms with Gasteiger partial charge in [-0.3, -0.25) is 0 Å². The number of sulfonamides is 1. The summed E-state index contributed by atoms with van der Waals surface area (Å²) < 4.78 is 31.5. The molecular formula is C14H25N3O3S. The quantitative estimate of drug-likeness (QED) is 0.860. The first-order valence-electron chi connectivity index (χ1n) is 7.45. The highest BCUT2D eigenvalue weighted by Crippen LogP contribution is 2.20. The first-order valence-corrected chi connectivity index (χ1v) is 9.11. The maximum atomic E-state index is 12.1. The van der Waals surface area contributed by atoms with E-state index in [1.807, 2.05) is 6.92 Å². The minimum absolute atomic E-state index is 0.112. The van der Waals surface area contributed by atoms with Gasteiger partial charge in [0.1, 0.15) is 12.0 Å². The van der Waals surface area contributed by atoms with Crippen molar-refractivity contribution in [3.8, 4) is 0 Å². The van der Waals surface area contributed by atoms with Crippen LogP contribution in [0.15, 0.2) is 16.9 Å². The minimum atomic E-state index is -3.38. The highest BCUT2D eigenvalue weighted by atomic mass is 32.2. The van der Waals surface area contributed by atoms with Crippen molar-refractivity contribution in [2.24, 2.45) is 11.8 Å². The van der Waals surface area contributed by atoms with Crippen LogP contribution < -0.4 is 4.72 Å². The Kier molecular flexibility index (Phi) is 5.40. The van der Waals surface area contributed by atoms with Crippen molar-refractivity contribution in [1.29, 1.82) is 0 Å². The number of nitrogens with one attached hydrogen (secondary N) is 1. The van der Waals surface area contributed by atoms with E-state index in [4.69, 9.17) is 0 Å². The normalized spacial score (nSPS) is 25.9. The number of likely N-dealkylation sites (tertiary alicyclic amines) is 1. The molecule has 0 bridgehead atoms. The highest BCUT2D eigenvalue weighted by molar-refractivity contribution is 7.88. The van der Waals surface area contributed by atoms with Gasteiger partial charge >= 0.3 is 0 Å². The Hall–Kier alpha value is -0.920. The molecule has 7 heteroatoms. The predicted molar refractivity (Wildman–Crippen MR) is 81.1 cm³/mol. The maximum Gasteiger partial charge on any atom is 0.217 e. The summed E-state index contributed by atoms with van der Waals surface area (Å²) in [5, 5.41) is 3.64. The lowest BCUT2D eigenvalue weighted by atomic mass is 9.92. The van der Waals surface area contributed by atoms with Gasteiger partial charge in [0.2, 0.25) is 10.0 Å². The molecule has 0 radical (unpaired) electrons. The van der Waals surface area contributed by atoms with Gasteiger partial charge in [0.15, 0.2) is 0 Å². The fourth-order valence-corrected chi connectivity index (χ4v) is 4.53. The van der Waals surface area contributed by atoms with Gasteiger partial charge in [-0.2, -0.15) is 0 Å². The summed E-state index contributed by atoms with van der Waals surface area (Å²) in [5.74, 6) is 1.21. The fraction of sp³-hybridized carbons (Fsp3) is 0.786. The Balaban J connectivity index is 1.84. The predicted octanol–water partition coefficient (Wildman–Crippen LogP) is 1.46. The Labute approximate surface area is 126 Å². The van der Waals surface area contributed by atoms with Crippen LogP contribution in [0.4, 0.5) is 0 Å². The Bertz CT molecular complexity index is 520. The van der Waals surface area contributed by atoms with E-state index >= 15 is 0 Å². The van der Waals surface area contributed by atoms with Crippen molar-refractivity contribution in [1.82, 2.24) is 14.8 Å². The van der Waals surface area contributed by atoms with Gasteiger partial charge in [0.05, 0.1) is 5.69 Å². The molecule has 0 saturated carbocycles. The van der Waals surface area contributed by atoms with E-state index in [0.29, 0.717) is 17.5 Å². The monoisotopic (exact) mass is 315 g/mol. The second kappa shape index (κ2) is 6.89. The smallest absolute Gasteiger partial charge is 0.217 e. The van der Waals surface area contributed by atoms with Crippen LogP contribution in [0.2, 0.25) is 0 Å². The third-order valence-corrected chi connectivity index (χ3v) is 5.12. The molecule has 120 valence electrons. The van der Waals surface area contributed by atoms with E-state index in [9.17, 15) is 8.42 Å². The Morgan fingerprint density at radius 3 is 2.67 bits per heavy atom. The van der Waals surface area contributed by atoms with E-state index in [2.05, 4.69) is 33.1 Å². The summed E-state index contributed by atoms with van der Waals surface area (Å²) in [6.45, 7) is 9.24. The standard InChI is InChI=1S/C14H25N3O3S/c1-11-6-12(2)8-17(7-11)9-13(3)16-21(18,19)10-14-4-5-20-15-14/h4-5,11-13,16H,6-10H2,1-3H3. The molecule has 1 aromatic rings. The SMILES string of the molecule is CC1CC(C)CN(CC(C)NS(=O)(=O)Cc2ccon2)C1. The largest absolute Gasteiger partial charge is 0.364 e. The van der Waals surface area contributed by atoms with Crippen LogP contribution in [0.25, 0.3) is 0 Å². The van der Waals surface area contributed by atoms with Crippen LogP contribution in [0, 0.1) is 11.8 Å². The Morgan fingerprint density at radius 1 is 1.43 bits per heavy atom. The highest BCUT2D eigenvalue weighted by Gasteiger charge is 2.24.